The maximum atomic E-state index is 12.1. The number of hydrogen-bond donors (Lipinski definition) is 2. The molecule has 1 unspecified atom stereocenters. The highest BCUT2D eigenvalue weighted by Gasteiger charge is 2.27. The number of urea groups is 1. The molecule has 1 saturated carbocycles. The minimum absolute atomic E-state index is 0.0400. The van der Waals surface area contributed by atoms with E-state index >= 15 is 0 Å². The van der Waals surface area contributed by atoms with Crippen LogP contribution in [-0.4, -0.2) is 52.6 Å². The number of nitrogens with one attached hydrogen (secondary N) is 1. The lowest BCUT2D eigenvalue weighted by molar-refractivity contribution is -0.143. The summed E-state index contributed by atoms with van der Waals surface area (Å²) in [4.78, 5) is 24.9. The average Bonchev–Trinajstić information content (AvgIpc) is 2.45. The van der Waals surface area contributed by atoms with E-state index in [2.05, 4.69) is 12.2 Å². The Morgan fingerprint density at radius 2 is 2.00 bits per heavy atom. The molecule has 0 radical (unpaired) electrons. The minimum Gasteiger partial charge on any atom is -0.481 e. The fraction of sp³-hybridized carbons (Fsp3) is 0.857. The molecule has 0 spiro atoms. The lowest BCUT2D eigenvalue weighted by Gasteiger charge is -2.34. The van der Waals surface area contributed by atoms with Crippen molar-refractivity contribution in [3.63, 3.8) is 0 Å². The maximum Gasteiger partial charge on any atom is 0.317 e. The van der Waals surface area contributed by atoms with Gasteiger partial charge in [0.25, 0.3) is 0 Å². The molecule has 2 rings (SSSR count). The van der Waals surface area contributed by atoms with Crippen LogP contribution in [0.2, 0.25) is 0 Å². The summed E-state index contributed by atoms with van der Waals surface area (Å²) < 4.78 is 0. The molecule has 6 heteroatoms. The number of carboxylic acid groups (broad SMARTS) is 1. The first-order valence-corrected chi connectivity index (χ1v) is 8.58. The first kappa shape index (κ1) is 15.5. The Morgan fingerprint density at radius 1 is 1.30 bits per heavy atom. The van der Waals surface area contributed by atoms with Gasteiger partial charge in [0.2, 0.25) is 0 Å². The Hall–Kier alpha value is -0.910. The van der Waals surface area contributed by atoms with E-state index in [0.29, 0.717) is 18.5 Å². The van der Waals surface area contributed by atoms with Gasteiger partial charge in [-0.25, -0.2) is 4.79 Å². The van der Waals surface area contributed by atoms with Crippen molar-refractivity contribution in [3.05, 3.63) is 0 Å². The summed E-state index contributed by atoms with van der Waals surface area (Å²) in [5.41, 5.74) is 0. The molecule has 1 aliphatic heterocycles. The first-order chi connectivity index (χ1) is 9.58. The van der Waals surface area contributed by atoms with Gasteiger partial charge in [-0.3, -0.25) is 4.79 Å². The van der Waals surface area contributed by atoms with Gasteiger partial charge in [0.1, 0.15) is 0 Å². The number of amides is 2. The maximum absolute atomic E-state index is 12.1. The molecule has 20 heavy (non-hydrogen) atoms. The van der Waals surface area contributed by atoms with Crippen LogP contribution in [-0.2, 0) is 4.79 Å². The van der Waals surface area contributed by atoms with Crippen LogP contribution in [0.15, 0.2) is 0 Å². The molecule has 0 aromatic heterocycles. The number of thioether (sulfide) groups is 1. The highest BCUT2D eigenvalue weighted by atomic mass is 32.2. The number of aliphatic carboxylic acids is 1. The van der Waals surface area contributed by atoms with Crippen LogP contribution in [0, 0.1) is 11.8 Å². The van der Waals surface area contributed by atoms with Crippen LogP contribution in [0.3, 0.4) is 0 Å². The highest BCUT2D eigenvalue weighted by molar-refractivity contribution is 7.99. The van der Waals surface area contributed by atoms with Crippen LogP contribution in [0.25, 0.3) is 0 Å². The van der Waals surface area contributed by atoms with E-state index in [1.807, 2.05) is 16.7 Å². The quantitative estimate of drug-likeness (QED) is 0.836. The molecule has 2 fully saturated rings. The monoisotopic (exact) mass is 300 g/mol. The van der Waals surface area contributed by atoms with Crippen LogP contribution >= 0.6 is 11.8 Å². The summed E-state index contributed by atoms with van der Waals surface area (Å²) in [5.74, 6) is 1.61. The first-order valence-electron chi connectivity index (χ1n) is 7.43. The van der Waals surface area contributed by atoms with E-state index in [1.165, 1.54) is 0 Å². The zero-order valence-corrected chi connectivity index (χ0v) is 12.8. The Balaban J connectivity index is 1.70. The van der Waals surface area contributed by atoms with E-state index in [4.69, 9.17) is 5.11 Å². The van der Waals surface area contributed by atoms with Crippen molar-refractivity contribution in [1.29, 1.82) is 0 Å². The predicted molar refractivity (Wildman–Crippen MR) is 80.0 cm³/mol. The smallest absolute Gasteiger partial charge is 0.317 e. The summed E-state index contributed by atoms with van der Waals surface area (Å²) in [7, 11) is 0. The van der Waals surface area contributed by atoms with Gasteiger partial charge >= 0.3 is 12.0 Å². The average molecular weight is 300 g/mol. The van der Waals surface area contributed by atoms with Gasteiger partial charge in [0, 0.05) is 30.6 Å². The zero-order valence-electron chi connectivity index (χ0n) is 12.0. The second-order valence-electron chi connectivity index (χ2n) is 5.86. The van der Waals surface area contributed by atoms with E-state index in [0.717, 1.165) is 43.7 Å². The van der Waals surface area contributed by atoms with Gasteiger partial charge < -0.3 is 15.3 Å². The van der Waals surface area contributed by atoms with Crippen LogP contribution < -0.4 is 5.32 Å². The van der Waals surface area contributed by atoms with Gasteiger partial charge in [-0.1, -0.05) is 0 Å². The molecule has 1 aliphatic carbocycles. The zero-order chi connectivity index (χ0) is 14.5. The highest BCUT2D eigenvalue weighted by Crippen LogP contribution is 2.28. The third-order valence-electron chi connectivity index (χ3n) is 4.37. The summed E-state index contributed by atoms with van der Waals surface area (Å²) in [5, 5.41) is 12.0. The minimum atomic E-state index is -0.674. The topological polar surface area (TPSA) is 69.6 Å². The van der Waals surface area contributed by atoms with E-state index in [-0.39, 0.29) is 11.9 Å². The third-order valence-corrected chi connectivity index (χ3v) is 5.56. The molecule has 0 aromatic carbocycles. The van der Waals surface area contributed by atoms with Crippen molar-refractivity contribution in [1.82, 2.24) is 10.2 Å². The molecule has 0 aromatic rings. The second kappa shape index (κ2) is 7.20. The molecule has 5 nitrogen and oxygen atoms in total. The molecular formula is C14H24N2O3S. The largest absolute Gasteiger partial charge is 0.481 e. The molecule has 1 heterocycles. The Bertz CT molecular complexity index is 356. The Kier molecular flexibility index (Phi) is 5.57. The van der Waals surface area contributed by atoms with Gasteiger partial charge in [-0.05, 0) is 38.5 Å². The van der Waals surface area contributed by atoms with Crippen LogP contribution in [0.5, 0.6) is 0 Å². The van der Waals surface area contributed by atoms with Crippen LogP contribution in [0.4, 0.5) is 4.79 Å². The van der Waals surface area contributed by atoms with Crippen LogP contribution in [0.1, 0.15) is 32.6 Å². The van der Waals surface area contributed by atoms with E-state index in [1.54, 1.807) is 0 Å². The summed E-state index contributed by atoms with van der Waals surface area (Å²) in [6, 6.07) is 0.342. The fourth-order valence-electron chi connectivity index (χ4n) is 2.98. The molecule has 1 saturated heterocycles. The van der Waals surface area contributed by atoms with E-state index < -0.39 is 5.97 Å². The lowest BCUT2D eigenvalue weighted by Crippen LogP contribution is -2.50. The van der Waals surface area contributed by atoms with Crippen molar-refractivity contribution in [3.8, 4) is 0 Å². The standard InChI is InChI=1S/C14H24N2O3S/c1-10-9-20-7-6-16(10)14(19)15-8-11-2-4-12(5-3-11)13(17)18/h10-12H,2-9H2,1H3,(H,15,19)(H,17,18). The predicted octanol–water partition coefficient (Wildman–Crippen LogP) is 2.02. The number of rotatable bonds is 3. The van der Waals surface area contributed by atoms with Crippen molar-refractivity contribution in [2.75, 3.05) is 24.6 Å². The number of carbonyl (C=O) groups excluding carboxylic acids is 1. The lowest BCUT2D eigenvalue weighted by atomic mass is 9.82. The van der Waals surface area contributed by atoms with Crippen molar-refractivity contribution in [2.24, 2.45) is 11.8 Å². The van der Waals surface area contributed by atoms with Crippen molar-refractivity contribution < 1.29 is 14.7 Å². The van der Waals surface area contributed by atoms with Gasteiger partial charge in [0.15, 0.2) is 0 Å². The number of carbonyl (C=O) groups is 2. The number of carboxylic acids is 1. The Labute approximate surface area is 124 Å². The number of nitrogens with zero attached hydrogens (tertiary/aromatic N) is 1. The second-order valence-corrected chi connectivity index (χ2v) is 7.01. The van der Waals surface area contributed by atoms with Gasteiger partial charge in [0.05, 0.1) is 5.92 Å². The summed E-state index contributed by atoms with van der Waals surface area (Å²) in [6.07, 6.45) is 3.30. The fourth-order valence-corrected chi connectivity index (χ4v) is 3.99. The molecular weight excluding hydrogens is 276 g/mol. The number of hydrogen-bond acceptors (Lipinski definition) is 3. The molecule has 1 atom stereocenters. The van der Waals surface area contributed by atoms with Crippen molar-refractivity contribution in [2.45, 2.75) is 38.6 Å². The molecule has 114 valence electrons. The SMILES string of the molecule is CC1CSCCN1C(=O)NCC1CCC(C(=O)O)CC1. The third kappa shape index (κ3) is 4.04. The summed E-state index contributed by atoms with van der Waals surface area (Å²) >= 11 is 1.90. The molecule has 2 N–H and O–H groups in total. The van der Waals surface area contributed by atoms with E-state index in [9.17, 15) is 9.59 Å². The molecule has 2 aliphatic rings. The Morgan fingerprint density at radius 3 is 2.60 bits per heavy atom. The van der Waals surface area contributed by atoms with Gasteiger partial charge in [-0.15, -0.1) is 0 Å². The molecule has 0 bridgehead atoms. The molecule has 2 amide bonds. The van der Waals surface area contributed by atoms with Gasteiger partial charge in [-0.2, -0.15) is 11.8 Å². The van der Waals surface area contributed by atoms with Crippen molar-refractivity contribution >= 4 is 23.8 Å². The summed E-state index contributed by atoms with van der Waals surface area (Å²) in [6.45, 7) is 3.59. The normalized spacial score (nSPS) is 30.9.